The van der Waals surface area contributed by atoms with Crippen LogP contribution in [0.1, 0.15) is 31.2 Å². The van der Waals surface area contributed by atoms with Gasteiger partial charge in [-0.15, -0.1) is 0 Å². The number of nitrogens with one attached hydrogen (secondary N) is 1. The number of benzene rings is 1. The van der Waals surface area contributed by atoms with Crippen LogP contribution in [-0.4, -0.2) is 30.1 Å². The predicted molar refractivity (Wildman–Crippen MR) is 78.6 cm³/mol. The Morgan fingerprint density at radius 1 is 1.22 bits per heavy atom. The molecule has 0 radical (unpaired) electrons. The van der Waals surface area contributed by atoms with Crippen molar-refractivity contribution in [1.82, 2.24) is 10.2 Å². The zero-order chi connectivity index (χ0) is 12.5. The fourth-order valence-corrected chi connectivity index (χ4v) is 3.90. The lowest BCUT2D eigenvalue weighted by Gasteiger charge is -2.36. The summed E-state index contributed by atoms with van der Waals surface area (Å²) in [6.07, 6.45) is 5.43. The maximum absolute atomic E-state index is 3.74. The third-order valence-corrected chi connectivity index (χ3v) is 5.41. The van der Waals surface area contributed by atoms with Gasteiger partial charge in [-0.25, -0.2) is 0 Å². The molecule has 0 amide bonds. The molecule has 3 heteroatoms. The molecular formula is C15H21BrN2. The van der Waals surface area contributed by atoms with Crippen molar-refractivity contribution >= 4 is 15.9 Å². The van der Waals surface area contributed by atoms with E-state index in [9.17, 15) is 0 Å². The van der Waals surface area contributed by atoms with Gasteiger partial charge in [0.25, 0.3) is 0 Å². The standard InChI is InChI=1S/C15H21BrN2/c1-18-13-6-7-14(18)9-12(8-13)17-10-11-4-2-3-5-15(11)16/h2-5,12-14,17H,6-10H2,1H3. The molecule has 2 nitrogen and oxygen atoms in total. The van der Waals surface area contributed by atoms with Crippen molar-refractivity contribution in [1.29, 1.82) is 0 Å². The van der Waals surface area contributed by atoms with Crippen molar-refractivity contribution in [3.05, 3.63) is 34.3 Å². The molecule has 1 aromatic carbocycles. The second-order valence-electron chi connectivity index (χ2n) is 5.69. The molecule has 2 fully saturated rings. The van der Waals surface area contributed by atoms with Gasteiger partial charge in [0.05, 0.1) is 0 Å². The predicted octanol–water partition coefficient (Wildman–Crippen LogP) is 3.16. The third-order valence-electron chi connectivity index (χ3n) is 4.64. The first-order chi connectivity index (χ1) is 8.74. The van der Waals surface area contributed by atoms with Gasteiger partial charge in [-0.1, -0.05) is 34.1 Å². The topological polar surface area (TPSA) is 15.3 Å². The largest absolute Gasteiger partial charge is 0.310 e. The number of hydrogen-bond donors (Lipinski definition) is 1. The average molecular weight is 309 g/mol. The smallest absolute Gasteiger partial charge is 0.0220 e. The molecule has 2 heterocycles. The first-order valence-corrected chi connectivity index (χ1v) is 7.72. The summed E-state index contributed by atoms with van der Waals surface area (Å²) in [7, 11) is 2.30. The van der Waals surface area contributed by atoms with Gasteiger partial charge in [0.1, 0.15) is 0 Å². The van der Waals surface area contributed by atoms with Crippen molar-refractivity contribution in [3.8, 4) is 0 Å². The molecule has 2 aliphatic heterocycles. The molecule has 0 aliphatic carbocycles. The molecule has 1 aromatic rings. The Kier molecular flexibility index (Phi) is 3.73. The van der Waals surface area contributed by atoms with Gasteiger partial charge in [0.2, 0.25) is 0 Å². The van der Waals surface area contributed by atoms with E-state index in [0.717, 1.165) is 18.6 Å². The van der Waals surface area contributed by atoms with Crippen LogP contribution in [0.15, 0.2) is 28.7 Å². The molecule has 1 N–H and O–H groups in total. The molecule has 18 heavy (non-hydrogen) atoms. The number of piperidine rings is 1. The van der Waals surface area contributed by atoms with Crippen molar-refractivity contribution < 1.29 is 0 Å². The van der Waals surface area contributed by atoms with Crippen LogP contribution < -0.4 is 5.32 Å². The van der Waals surface area contributed by atoms with E-state index in [1.807, 2.05) is 0 Å². The van der Waals surface area contributed by atoms with Gasteiger partial charge in [0, 0.05) is 29.1 Å². The quantitative estimate of drug-likeness (QED) is 0.922. The minimum atomic E-state index is 0.700. The van der Waals surface area contributed by atoms with Gasteiger partial charge in [0.15, 0.2) is 0 Å². The molecule has 2 atom stereocenters. The SMILES string of the molecule is CN1C2CCC1CC(NCc1ccccc1Br)C2. The Bertz CT molecular complexity index is 407. The summed E-state index contributed by atoms with van der Waals surface area (Å²) in [5.74, 6) is 0. The fraction of sp³-hybridized carbons (Fsp3) is 0.600. The van der Waals surface area contributed by atoms with E-state index in [0.29, 0.717) is 6.04 Å². The maximum atomic E-state index is 3.74. The van der Waals surface area contributed by atoms with Gasteiger partial charge in [-0.05, 0) is 44.4 Å². The van der Waals surface area contributed by atoms with Gasteiger partial charge < -0.3 is 10.2 Å². The zero-order valence-corrected chi connectivity index (χ0v) is 12.5. The fourth-order valence-electron chi connectivity index (χ4n) is 3.47. The van der Waals surface area contributed by atoms with Crippen molar-refractivity contribution in [3.63, 3.8) is 0 Å². The van der Waals surface area contributed by atoms with Crippen LogP contribution in [0.25, 0.3) is 0 Å². The lowest BCUT2D eigenvalue weighted by atomic mass is 9.98. The first kappa shape index (κ1) is 12.6. The number of nitrogens with zero attached hydrogens (tertiary/aromatic N) is 1. The Labute approximate surface area is 118 Å². The minimum Gasteiger partial charge on any atom is -0.310 e. The van der Waals surface area contributed by atoms with E-state index < -0.39 is 0 Å². The molecule has 2 saturated heterocycles. The molecule has 0 aromatic heterocycles. The van der Waals surface area contributed by atoms with Crippen LogP contribution in [-0.2, 0) is 6.54 Å². The normalized spacial score (nSPS) is 31.8. The van der Waals surface area contributed by atoms with Crippen LogP contribution in [0.2, 0.25) is 0 Å². The van der Waals surface area contributed by atoms with Crippen molar-refractivity contribution in [2.24, 2.45) is 0 Å². The molecule has 2 unspecified atom stereocenters. The van der Waals surface area contributed by atoms with E-state index in [1.54, 1.807) is 0 Å². The third kappa shape index (κ3) is 2.49. The van der Waals surface area contributed by atoms with Crippen LogP contribution in [0.4, 0.5) is 0 Å². The van der Waals surface area contributed by atoms with Crippen LogP contribution in [0.3, 0.4) is 0 Å². The van der Waals surface area contributed by atoms with E-state index in [4.69, 9.17) is 0 Å². The second kappa shape index (κ2) is 5.32. The summed E-state index contributed by atoms with van der Waals surface area (Å²) in [6, 6.07) is 10.8. The van der Waals surface area contributed by atoms with Crippen LogP contribution >= 0.6 is 15.9 Å². The summed E-state index contributed by atoms with van der Waals surface area (Å²) >= 11 is 3.62. The van der Waals surface area contributed by atoms with Crippen molar-refractivity contribution in [2.75, 3.05) is 7.05 Å². The number of hydrogen-bond acceptors (Lipinski definition) is 2. The van der Waals surface area contributed by atoms with Crippen LogP contribution in [0, 0.1) is 0 Å². The maximum Gasteiger partial charge on any atom is 0.0220 e. The average Bonchev–Trinajstić information content (AvgIpc) is 2.62. The van der Waals surface area contributed by atoms with E-state index in [-0.39, 0.29) is 0 Å². The highest BCUT2D eigenvalue weighted by molar-refractivity contribution is 9.10. The Balaban J connectivity index is 1.57. The van der Waals surface area contributed by atoms with Gasteiger partial charge >= 0.3 is 0 Å². The number of fused-ring (bicyclic) bond motifs is 2. The second-order valence-corrected chi connectivity index (χ2v) is 6.55. The first-order valence-electron chi connectivity index (χ1n) is 6.93. The Morgan fingerprint density at radius 3 is 2.56 bits per heavy atom. The lowest BCUT2D eigenvalue weighted by Crippen LogP contribution is -2.47. The molecule has 2 aliphatic rings. The summed E-state index contributed by atoms with van der Waals surface area (Å²) < 4.78 is 1.22. The zero-order valence-electron chi connectivity index (χ0n) is 10.9. The molecule has 2 bridgehead atoms. The van der Waals surface area contributed by atoms with E-state index >= 15 is 0 Å². The van der Waals surface area contributed by atoms with Crippen molar-refractivity contribution in [2.45, 2.75) is 50.4 Å². The highest BCUT2D eigenvalue weighted by Crippen LogP contribution is 2.34. The monoisotopic (exact) mass is 308 g/mol. The molecule has 3 rings (SSSR count). The lowest BCUT2D eigenvalue weighted by molar-refractivity contribution is 0.148. The molecule has 0 saturated carbocycles. The summed E-state index contributed by atoms with van der Waals surface area (Å²) in [5, 5.41) is 3.74. The molecule has 98 valence electrons. The number of halogens is 1. The molecular weight excluding hydrogens is 288 g/mol. The Hall–Kier alpha value is -0.380. The van der Waals surface area contributed by atoms with Gasteiger partial charge in [-0.3, -0.25) is 0 Å². The van der Waals surface area contributed by atoms with Crippen LogP contribution in [0.5, 0.6) is 0 Å². The summed E-state index contributed by atoms with van der Waals surface area (Å²) in [5.41, 5.74) is 1.36. The highest BCUT2D eigenvalue weighted by Gasteiger charge is 2.37. The van der Waals surface area contributed by atoms with E-state index in [1.165, 1.54) is 35.7 Å². The summed E-state index contributed by atoms with van der Waals surface area (Å²) in [4.78, 5) is 2.59. The minimum absolute atomic E-state index is 0.700. The molecule has 0 spiro atoms. The van der Waals surface area contributed by atoms with Gasteiger partial charge in [-0.2, -0.15) is 0 Å². The Morgan fingerprint density at radius 2 is 1.89 bits per heavy atom. The summed E-state index contributed by atoms with van der Waals surface area (Å²) in [6.45, 7) is 0.981. The van der Waals surface area contributed by atoms with E-state index in [2.05, 4.69) is 57.5 Å². The number of rotatable bonds is 3. The highest BCUT2D eigenvalue weighted by atomic mass is 79.9.